The van der Waals surface area contributed by atoms with Crippen molar-refractivity contribution in [3.63, 3.8) is 0 Å². The Labute approximate surface area is 306 Å². The summed E-state index contributed by atoms with van der Waals surface area (Å²) in [6, 6.07) is 62.1. The number of para-hydroxylation sites is 4. The van der Waals surface area contributed by atoms with Gasteiger partial charge in [-0.15, -0.1) is 0 Å². The van der Waals surface area contributed by atoms with Gasteiger partial charge in [0.2, 0.25) is 0 Å². The van der Waals surface area contributed by atoms with Crippen molar-refractivity contribution in [3.8, 4) is 56.8 Å². The van der Waals surface area contributed by atoms with Crippen LogP contribution in [0.4, 0.5) is 0 Å². The number of hydrogen-bond donors (Lipinski definition) is 0. The monoisotopic (exact) mass is 675 g/mol. The van der Waals surface area contributed by atoms with Crippen molar-refractivity contribution in [3.05, 3.63) is 204 Å². The Morgan fingerprint density at radius 1 is 0.472 bits per heavy atom. The summed E-state index contributed by atoms with van der Waals surface area (Å²) in [5.74, 6) is 1.54. The highest BCUT2D eigenvalue weighted by molar-refractivity contribution is 6.09. The number of hydrogen-bond acceptors (Lipinski definition) is 3. The number of fused-ring (bicyclic) bond motifs is 12. The van der Waals surface area contributed by atoms with Crippen LogP contribution in [0.25, 0.3) is 61.0 Å². The van der Waals surface area contributed by atoms with Gasteiger partial charge in [-0.1, -0.05) is 140 Å². The largest absolute Gasteiger partial charge is 0.454 e. The summed E-state index contributed by atoms with van der Waals surface area (Å²) < 4.78 is 9.78. The van der Waals surface area contributed by atoms with Crippen LogP contribution in [0.3, 0.4) is 0 Å². The molecule has 0 saturated carbocycles. The molecule has 4 heteroatoms. The zero-order valence-electron chi connectivity index (χ0n) is 28.5. The number of nitriles is 1. The molecule has 7 aromatic carbocycles. The Morgan fingerprint density at radius 3 is 1.68 bits per heavy atom. The molecule has 53 heavy (non-hydrogen) atoms. The summed E-state index contributed by atoms with van der Waals surface area (Å²) in [4.78, 5) is 4.62. The molecule has 246 valence electrons. The smallest absolute Gasteiger partial charge is 0.156 e. The molecule has 0 N–H and O–H groups in total. The Hall–Kier alpha value is -7.22. The van der Waals surface area contributed by atoms with Crippen molar-refractivity contribution in [1.82, 2.24) is 9.55 Å². The molecule has 1 aliphatic heterocycles. The highest BCUT2D eigenvalue weighted by Gasteiger charge is 2.52. The first-order chi connectivity index (χ1) is 26.3. The van der Waals surface area contributed by atoms with E-state index in [1.807, 2.05) is 36.4 Å². The summed E-state index contributed by atoms with van der Waals surface area (Å²) in [5.41, 5.74) is 13.3. The normalized spacial score (nSPS) is 13.2. The Kier molecular flexibility index (Phi) is 6.20. The summed E-state index contributed by atoms with van der Waals surface area (Å²) in [6.07, 6.45) is 1.77. The second-order valence-electron chi connectivity index (χ2n) is 13.7. The first-order valence-corrected chi connectivity index (χ1v) is 17.9. The van der Waals surface area contributed by atoms with Crippen LogP contribution in [-0.4, -0.2) is 9.55 Å². The maximum absolute atomic E-state index is 10.8. The van der Waals surface area contributed by atoms with Gasteiger partial charge in [-0.25, -0.2) is 0 Å². The van der Waals surface area contributed by atoms with Crippen molar-refractivity contribution < 1.29 is 4.74 Å². The van der Waals surface area contributed by atoms with Gasteiger partial charge in [-0.3, -0.25) is 4.98 Å². The van der Waals surface area contributed by atoms with Crippen LogP contribution in [0, 0.1) is 11.3 Å². The lowest BCUT2D eigenvalue weighted by Crippen LogP contribution is -2.32. The molecule has 1 aliphatic carbocycles. The minimum atomic E-state index is -0.688. The fraction of sp³-hybridized carbons (Fsp3) is 0.0204. The summed E-state index contributed by atoms with van der Waals surface area (Å²) in [6.45, 7) is 0. The van der Waals surface area contributed by atoms with E-state index in [0.717, 1.165) is 61.7 Å². The van der Waals surface area contributed by atoms with E-state index in [1.165, 1.54) is 33.0 Å². The second-order valence-corrected chi connectivity index (χ2v) is 13.7. The summed E-state index contributed by atoms with van der Waals surface area (Å²) >= 11 is 0. The van der Waals surface area contributed by atoms with Crippen molar-refractivity contribution >= 4 is 21.8 Å². The number of pyridine rings is 1. The quantitative estimate of drug-likeness (QED) is 0.187. The Balaban J connectivity index is 1.28. The third-order valence-corrected chi connectivity index (χ3v) is 11.2. The maximum Gasteiger partial charge on any atom is 0.156 e. The highest BCUT2D eigenvalue weighted by Crippen LogP contribution is 2.64. The van der Waals surface area contributed by atoms with E-state index in [4.69, 9.17) is 4.74 Å². The molecule has 0 amide bonds. The molecular weight excluding hydrogens is 647 g/mol. The van der Waals surface area contributed by atoms with Crippen molar-refractivity contribution in [2.45, 2.75) is 5.41 Å². The molecule has 11 rings (SSSR count). The number of benzene rings is 7. The average molecular weight is 676 g/mol. The van der Waals surface area contributed by atoms with E-state index >= 15 is 0 Å². The standard InChI is InChI=1S/C49H29N3O/c50-30-38-31(18-11-19-34(38)43-25-9-10-29-51-43)37-20-12-23-41-47(37)53-48-42(49(41)39-21-5-1-14-32(39)33-15-2-6-22-40(33)49)24-13-28-46(48)52-44-26-7-3-16-35(44)36-17-4-8-27-45(36)52/h1-29H. The van der Waals surface area contributed by atoms with Crippen LogP contribution in [0.5, 0.6) is 11.5 Å². The van der Waals surface area contributed by atoms with Gasteiger partial charge in [0.25, 0.3) is 0 Å². The molecule has 2 aliphatic rings. The molecule has 0 radical (unpaired) electrons. The van der Waals surface area contributed by atoms with Gasteiger partial charge < -0.3 is 9.30 Å². The third-order valence-electron chi connectivity index (χ3n) is 11.2. The van der Waals surface area contributed by atoms with Gasteiger partial charge in [0.15, 0.2) is 5.75 Å². The van der Waals surface area contributed by atoms with E-state index in [1.54, 1.807) is 6.20 Å². The minimum absolute atomic E-state index is 0.561. The summed E-state index contributed by atoms with van der Waals surface area (Å²) in [5, 5.41) is 13.2. The number of ether oxygens (including phenoxy) is 1. The van der Waals surface area contributed by atoms with Crippen LogP contribution in [0.15, 0.2) is 176 Å². The SMILES string of the molecule is N#Cc1c(-c2ccccn2)cccc1-c1cccc2c1Oc1c(-n3c4ccccc4c4ccccc43)cccc1C21c2ccccc2-c2ccccc21. The van der Waals surface area contributed by atoms with E-state index in [2.05, 4.69) is 149 Å². The van der Waals surface area contributed by atoms with Gasteiger partial charge >= 0.3 is 0 Å². The van der Waals surface area contributed by atoms with Crippen molar-refractivity contribution in [1.29, 1.82) is 5.26 Å². The van der Waals surface area contributed by atoms with Crippen LogP contribution in [0.2, 0.25) is 0 Å². The molecule has 0 atom stereocenters. The van der Waals surface area contributed by atoms with Gasteiger partial charge in [-0.2, -0.15) is 5.26 Å². The van der Waals surface area contributed by atoms with E-state index < -0.39 is 5.41 Å². The molecule has 2 aromatic heterocycles. The lowest BCUT2D eigenvalue weighted by Gasteiger charge is -2.41. The van der Waals surface area contributed by atoms with Crippen LogP contribution >= 0.6 is 0 Å². The fourth-order valence-corrected chi connectivity index (χ4v) is 9.14. The maximum atomic E-state index is 10.8. The molecule has 0 bridgehead atoms. The van der Waals surface area contributed by atoms with Crippen molar-refractivity contribution in [2.24, 2.45) is 0 Å². The predicted octanol–water partition coefficient (Wildman–Crippen LogP) is 11.9. The lowest BCUT2D eigenvalue weighted by molar-refractivity contribution is 0.436. The topological polar surface area (TPSA) is 50.8 Å². The van der Waals surface area contributed by atoms with E-state index in [-0.39, 0.29) is 0 Å². The zero-order chi connectivity index (χ0) is 35.1. The Bertz CT molecular complexity index is 2910. The second kappa shape index (κ2) is 11.1. The first kappa shape index (κ1) is 29.5. The van der Waals surface area contributed by atoms with Crippen LogP contribution in [0.1, 0.15) is 27.8 Å². The number of nitrogens with zero attached hydrogens (tertiary/aromatic N) is 3. The van der Waals surface area contributed by atoms with Crippen LogP contribution < -0.4 is 4.74 Å². The molecule has 9 aromatic rings. The molecule has 0 fully saturated rings. The Morgan fingerprint density at radius 2 is 1.00 bits per heavy atom. The number of aromatic nitrogens is 2. The average Bonchev–Trinajstić information content (AvgIpc) is 3.72. The third kappa shape index (κ3) is 3.91. The van der Waals surface area contributed by atoms with Gasteiger partial charge in [0.05, 0.1) is 33.4 Å². The molecule has 1 spiro atoms. The van der Waals surface area contributed by atoms with E-state index in [0.29, 0.717) is 5.56 Å². The van der Waals surface area contributed by atoms with E-state index in [9.17, 15) is 5.26 Å². The van der Waals surface area contributed by atoms with Gasteiger partial charge in [0, 0.05) is 44.8 Å². The number of rotatable bonds is 3. The molecular formula is C49H29N3O. The van der Waals surface area contributed by atoms with Crippen LogP contribution in [-0.2, 0) is 5.41 Å². The molecule has 4 nitrogen and oxygen atoms in total. The minimum Gasteiger partial charge on any atom is -0.454 e. The predicted molar refractivity (Wildman–Crippen MR) is 212 cm³/mol. The first-order valence-electron chi connectivity index (χ1n) is 17.9. The molecule has 0 unspecified atom stereocenters. The highest BCUT2D eigenvalue weighted by atomic mass is 16.5. The fourth-order valence-electron chi connectivity index (χ4n) is 9.14. The molecule has 3 heterocycles. The van der Waals surface area contributed by atoms with Crippen molar-refractivity contribution in [2.75, 3.05) is 0 Å². The van der Waals surface area contributed by atoms with Gasteiger partial charge in [0.1, 0.15) is 11.8 Å². The van der Waals surface area contributed by atoms with Gasteiger partial charge in [-0.05, 0) is 52.6 Å². The zero-order valence-corrected chi connectivity index (χ0v) is 28.5. The summed E-state index contributed by atoms with van der Waals surface area (Å²) in [7, 11) is 0. The molecule has 0 saturated heterocycles. The lowest BCUT2D eigenvalue weighted by atomic mass is 9.65.